The maximum Gasteiger partial charge on any atom is 0.408 e. The van der Waals surface area contributed by atoms with Gasteiger partial charge in [0.25, 0.3) is 10.1 Å². The van der Waals surface area contributed by atoms with Crippen molar-refractivity contribution >= 4 is 28.1 Å². The lowest BCUT2D eigenvalue weighted by Crippen LogP contribution is -2.49. The first-order chi connectivity index (χ1) is 16.1. The predicted octanol–water partition coefficient (Wildman–Crippen LogP) is 3.19. The van der Waals surface area contributed by atoms with Crippen molar-refractivity contribution in [2.24, 2.45) is 11.3 Å². The zero-order valence-electron chi connectivity index (χ0n) is 21.5. The van der Waals surface area contributed by atoms with Gasteiger partial charge in [-0.1, -0.05) is 37.3 Å². The molecule has 0 fully saturated rings. The highest BCUT2D eigenvalue weighted by Gasteiger charge is 2.36. The second kappa shape index (κ2) is 12.9. The highest BCUT2D eigenvalue weighted by Crippen LogP contribution is 2.21. The van der Waals surface area contributed by atoms with Gasteiger partial charge in [0, 0.05) is 5.92 Å². The van der Waals surface area contributed by atoms with Crippen LogP contribution < -0.4 is 5.32 Å². The Bertz CT molecular complexity index is 953. The molecule has 0 radical (unpaired) electrons. The number of nitrogens with one attached hydrogen (secondary N) is 1. The summed E-state index contributed by atoms with van der Waals surface area (Å²) in [6.45, 7) is 10.7. The second-order valence-corrected chi connectivity index (χ2v) is 11.5. The largest absolute Gasteiger partial charge is 0.466 e. The number of hydrogen-bond donors (Lipinski definition) is 1. The van der Waals surface area contributed by atoms with Crippen molar-refractivity contribution in [3.63, 3.8) is 0 Å². The molecule has 0 spiro atoms. The lowest BCUT2D eigenvalue weighted by atomic mass is 9.95. The molecule has 0 unspecified atom stereocenters. The van der Waals surface area contributed by atoms with Gasteiger partial charge in [-0.2, -0.15) is 8.42 Å². The van der Waals surface area contributed by atoms with Gasteiger partial charge in [-0.3, -0.25) is 8.98 Å². The van der Waals surface area contributed by atoms with Crippen LogP contribution >= 0.6 is 0 Å². The Balaban J connectivity index is 2.89. The Labute approximate surface area is 207 Å². The van der Waals surface area contributed by atoms with Crippen molar-refractivity contribution in [1.29, 1.82) is 0 Å². The highest BCUT2D eigenvalue weighted by atomic mass is 32.2. The van der Waals surface area contributed by atoms with Gasteiger partial charge >= 0.3 is 18.0 Å². The maximum absolute atomic E-state index is 12.8. The molecule has 35 heavy (non-hydrogen) atoms. The summed E-state index contributed by atoms with van der Waals surface area (Å²) < 4.78 is 45.7. The Morgan fingerprint density at radius 1 is 1.00 bits per heavy atom. The molecular formula is C24H37NO9S. The number of esters is 2. The summed E-state index contributed by atoms with van der Waals surface area (Å²) in [7, 11) is -4.18. The molecular weight excluding hydrogens is 478 g/mol. The van der Waals surface area contributed by atoms with Gasteiger partial charge in [-0.25, -0.2) is 9.59 Å². The van der Waals surface area contributed by atoms with Gasteiger partial charge in [-0.15, -0.1) is 0 Å². The number of ether oxygens (including phenoxy) is 3. The lowest BCUT2D eigenvalue weighted by molar-refractivity contribution is -0.158. The topological polar surface area (TPSA) is 134 Å². The third-order valence-electron chi connectivity index (χ3n) is 4.61. The quantitative estimate of drug-likeness (QED) is 0.253. The van der Waals surface area contributed by atoms with Gasteiger partial charge in [0.1, 0.15) is 18.2 Å². The Morgan fingerprint density at radius 3 is 2.14 bits per heavy atom. The summed E-state index contributed by atoms with van der Waals surface area (Å²) in [4.78, 5) is 37.2. The Hall–Kier alpha value is -2.66. The number of carbonyl (C=O) groups excluding carboxylic acids is 3. The van der Waals surface area contributed by atoms with Gasteiger partial charge in [0.05, 0.1) is 24.4 Å². The average molecular weight is 516 g/mol. The van der Waals surface area contributed by atoms with E-state index in [0.717, 1.165) is 5.56 Å². The summed E-state index contributed by atoms with van der Waals surface area (Å²) in [6.07, 6.45) is -0.904. The number of benzene rings is 1. The van der Waals surface area contributed by atoms with Crippen molar-refractivity contribution < 1.29 is 41.2 Å². The van der Waals surface area contributed by atoms with Crippen molar-refractivity contribution in [1.82, 2.24) is 5.32 Å². The number of amides is 1. The fraction of sp³-hybridized carbons (Fsp3) is 0.625. The molecule has 0 saturated carbocycles. The maximum atomic E-state index is 12.8. The van der Waals surface area contributed by atoms with E-state index in [1.165, 1.54) is 20.8 Å². The molecule has 198 valence electrons. The predicted molar refractivity (Wildman–Crippen MR) is 129 cm³/mol. The lowest BCUT2D eigenvalue weighted by Gasteiger charge is -2.28. The molecule has 0 aromatic heterocycles. The number of carbonyl (C=O) groups is 3. The molecule has 1 aromatic rings. The first-order valence-electron chi connectivity index (χ1n) is 11.3. The molecule has 1 aromatic carbocycles. The highest BCUT2D eigenvalue weighted by molar-refractivity contribution is 7.86. The van der Waals surface area contributed by atoms with E-state index in [4.69, 9.17) is 18.4 Å². The van der Waals surface area contributed by atoms with Crippen LogP contribution in [0, 0.1) is 11.3 Å². The zero-order chi connectivity index (χ0) is 26.9. The van der Waals surface area contributed by atoms with Crippen LogP contribution in [0.15, 0.2) is 30.3 Å². The third-order valence-corrected chi connectivity index (χ3v) is 6.02. The van der Waals surface area contributed by atoms with Crippen LogP contribution in [0.1, 0.15) is 54.0 Å². The van der Waals surface area contributed by atoms with E-state index < -0.39 is 63.5 Å². The molecule has 11 heteroatoms. The third kappa shape index (κ3) is 11.5. The molecule has 10 nitrogen and oxygen atoms in total. The normalized spacial score (nSPS) is 13.9. The monoisotopic (exact) mass is 515 g/mol. The fourth-order valence-corrected chi connectivity index (χ4v) is 4.19. The number of hydrogen-bond acceptors (Lipinski definition) is 9. The van der Waals surface area contributed by atoms with E-state index in [1.54, 1.807) is 52.0 Å². The molecule has 0 aliphatic heterocycles. The summed E-state index contributed by atoms with van der Waals surface area (Å²) in [5.41, 5.74) is -1.33. The van der Waals surface area contributed by atoms with E-state index in [2.05, 4.69) is 5.32 Å². The van der Waals surface area contributed by atoms with Crippen LogP contribution in [0.25, 0.3) is 0 Å². The van der Waals surface area contributed by atoms with E-state index >= 15 is 0 Å². The standard InChI is InChI=1S/C24H37NO9S/c1-8-31-21(27)24(6,7)16-33-35(29,30)15-17(2)19(20(26)34-23(3,4)5)25-22(28)32-14-18-12-10-9-11-13-18/h9-13,17,19H,8,14-16H2,1-7H3,(H,25,28)/t17-,19+/m1/s1. The summed E-state index contributed by atoms with van der Waals surface area (Å²) in [5, 5.41) is 2.41. The van der Waals surface area contributed by atoms with Crippen LogP contribution in [0.5, 0.6) is 0 Å². The number of rotatable bonds is 12. The summed E-state index contributed by atoms with van der Waals surface area (Å²) >= 11 is 0. The Morgan fingerprint density at radius 2 is 1.60 bits per heavy atom. The SMILES string of the molecule is CCOC(=O)C(C)(C)COS(=O)(=O)C[C@@H](C)[C@H](NC(=O)OCc1ccccc1)C(=O)OC(C)(C)C. The Kier molecular flexibility index (Phi) is 11.2. The second-order valence-electron chi connectivity index (χ2n) is 9.79. The minimum absolute atomic E-state index is 0.0353. The zero-order valence-corrected chi connectivity index (χ0v) is 22.3. The molecule has 0 heterocycles. The van der Waals surface area contributed by atoms with Crippen LogP contribution in [0.4, 0.5) is 4.79 Å². The molecule has 1 amide bonds. The first-order valence-corrected chi connectivity index (χ1v) is 12.9. The van der Waals surface area contributed by atoms with E-state index in [-0.39, 0.29) is 13.2 Å². The van der Waals surface area contributed by atoms with Crippen LogP contribution in [-0.4, -0.2) is 57.1 Å². The van der Waals surface area contributed by atoms with Crippen molar-refractivity contribution in [3.05, 3.63) is 35.9 Å². The minimum atomic E-state index is -4.18. The number of alkyl carbamates (subject to hydrolysis) is 1. The molecule has 2 atom stereocenters. The van der Waals surface area contributed by atoms with Crippen LogP contribution in [-0.2, 0) is 44.7 Å². The van der Waals surface area contributed by atoms with Crippen LogP contribution in [0.3, 0.4) is 0 Å². The van der Waals surface area contributed by atoms with E-state index in [9.17, 15) is 22.8 Å². The molecule has 0 aliphatic carbocycles. The molecule has 0 bridgehead atoms. The molecule has 1 N–H and O–H groups in total. The van der Waals surface area contributed by atoms with Gasteiger partial charge in [0.15, 0.2) is 0 Å². The van der Waals surface area contributed by atoms with E-state index in [0.29, 0.717) is 0 Å². The summed E-state index contributed by atoms with van der Waals surface area (Å²) in [6, 6.07) is 7.60. The summed E-state index contributed by atoms with van der Waals surface area (Å²) in [5.74, 6) is -2.97. The fourth-order valence-electron chi connectivity index (χ4n) is 2.78. The minimum Gasteiger partial charge on any atom is -0.466 e. The smallest absolute Gasteiger partial charge is 0.408 e. The van der Waals surface area contributed by atoms with E-state index in [1.807, 2.05) is 6.07 Å². The van der Waals surface area contributed by atoms with Gasteiger partial charge < -0.3 is 19.5 Å². The average Bonchev–Trinajstić information content (AvgIpc) is 2.74. The van der Waals surface area contributed by atoms with Crippen molar-refractivity contribution in [3.8, 4) is 0 Å². The molecule has 0 saturated heterocycles. The molecule has 0 aliphatic rings. The van der Waals surface area contributed by atoms with Crippen molar-refractivity contribution in [2.75, 3.05) is 19.0 Å². The molecule has 1 rings (SSSR count). The van der Waals surface area contributed by atoms with Crippen molar-refractivity contribution in [2.45, 2.75) is 66.7 Å². The van der Waals surface area contributed by atoms with Gasteiger partial charge in [0.2, 0.25) is 0 Å². The van der Waals surface area contributed by atoms with Crippen LogP contribution in [0.2, 0.25) is 0 Å². The first kappa shape index (κ1) is 30.4. The van der Waals surface area contributed by atoms with Gasteiger partial charge in [-0.05, 0) is 47.1 Å².